The molecule has 0 unspecified atom stereocenters. The van der Waals surface area contributed by atoms with Crippen molar-refractivity contribution in [2.24, 2.45) is 0 Å². The molecule has 1 atom stereocenters. The molecule has 14 heteroatoms. The number of nitrogens with one attached hydrogen (secondary N) is 3. The minimum atomic E-state index is -1.09. The van der Waals surface area contributed by atoms with Crippen molar-refractivity contribution in [1.82, 2.24) is 16.0 Å². The van der Waals surface area contributed by atoms with Gasteiger partial charge in [0.25, 0.3) is 0 Å². The molecule has 0 fully saturated rings. The number of hydrogen-bond donors (Lipinski definition) is 5. The third-order valence-electron chi connectivity index (χ3n) is 6.43. The van der Waals surface area contributed by atoms with Gasteiger partial charge in [-0.05, 0) is 19.3 Å². The highest BCUT2D eigenvalue weighted by molar-refractivity contribution is 5.84. The quantitative estimate of drug-likeness (QED) is 0.0679. The number of ether oxygens (including phenoxy) is 4. The number of rotatable bonds is 32. The summed E-state index contributed by atoms with van der Waals surface area (Å²) in [6.07, 6.45) is 11.6. The average Bonchev–Trinajstić information content (AvgIpc) is 2.98. The number of aliphatic carboxylic acids is 2. The van der Waals surface area contributed by atoms with Gasteiger partial charge in [0.15, 0.2) is 0 Å². The van der Waals surface area contributed by atoms with Gasteiger partial charge in [0.1, 0.15) is 19.3 Å². The fourth-order valence-corrected chi connectivity index (χ4v) is 3.98. The molecule has 0 aliphatic carbocycles. The zero-order valence-corrected chi connectivity index (χ0v) is 26.4. The Balaban J connectivity index is 3.38. The number of hydrogen-bond acceptors (Lipinski definition) is 9. The van der Waals surface area contributed by atoms with Crippen LogP contribution in [0, 0.1) is 0 Å². The Hall–Kier alpha value is -2.81. The summed E-state index contributed by atoms with van der Waals surface area (Å²) < 4.78 is 21.1. The van der Waals surface area contributed by atoms with Crippen molar-refractivity contribution in [3.63, 3.8) is 0 Å². The topological polar surface area (TPSA) is 199 Å². The first-order valence-electron chi connectivity index (χ1n) is 15.8. The summed E-state index contributed by atoms with van der Waals surface area (Å²) in [4.78, 5) is 56.6. The Bertz CT molecular complexity index is 783. The molecule has 0 saturated heterocycles. The largest absolute Gasteiger partial charge is 0.481 e. The van der Waals surface area contributed by atoms with Gasteiger partial charge in [0.2, 0.25) is 17.7 Å². The molecule has 0 aliphatic heterocycles. The molecule has 44 heavy (non-hydrogen) atoms. The lowest BCUT2D eigenvalue weighted by Crippen LogP contribution is -2.42. The average molecular weight is 634 g/mol. The fraction of sp³-hybridized carbons (Fsp3) is 0.833. The van der Waals surface area contributed by atoms with Gasteiger partial charge in [0, 0.05) is 25.9 Å². The minimum absolute atomic E-state index is 0.0184. The van der Waals surface area contributed by atoms with Crippen LogP contribution in [0.1, 0.15) is 90.4 Å². The molecule has 5 N–H and O–H groups in total. The lowest BCUT2D eigenvalue weighted by atomic mass is 10.1. The van der Waals surface area contributed by atoms with Gasteiger partial charge in [-0.1, -0.05) is 58.3 Å². The molecule has 0 aromatic carbocycles. The summed E-state index contributed by atoms with van der Waals surface area (Å²) in [5, 5.41) is 25.3. The number of carboxylic acid groups (broad SMARTS) is 2. The van der Waals surface area contributed by atoms with Gasteiger partial charge in [-0.25, -0.2) is 4.79 Å². The highest BCUT2D eigenvalue weighted by Crippen LogP contribution is 2.12. The van der Waals surface area contributed by atoms with E-state index in [-0.39, 0.29) is 70.8 Å². The molecule has 0 bridgehead atoms. The molecule has 14 nitrogen and oxygen atoms in total. The minimum Gasteiger partial charge on any atom is -0.481 e. The Labute approximate surface area is 261 Å². The van der Waals surface area contributed by atoms with Crippen LogP contribution in [0.25, 0.3) is 0 Å². The third kappa shape index (κ3) is 29.3. The van der Waals surface area contributed by atoms with E-state index in [0.717, 1.165) is 44.9 Å². The van der Waals surface area contributed by atoms with Crippen LogP contribution in [-0.2, 0) is 42.9 Å². The Morgan fingerprint density at radius 1 is 0.545 bits per heavy atom. The fourth-order valence-electron chi connectivity index (χ4n) is 3.98. The van der Waals surface area contributed by atoms with Gasteiger partial charge < -0.3 is 45.1 Å². The molecule has 0 heterocycles. The lowest BCUT2D eigenvalue weighted by Gasteiger charge is -2.12. The predicted molar refractivity (Wildman–Crippen MR) is 162 cm³/mol. The van der Waals surface area contributed by atoms with Gasteiger partial charge in [-0.3, -0.25) is 19.2 Å². The van der Waals surface area contributed by atoms with Crippen LogP contribution in [0.15, 0.2) is 0 Å². The number of amides is 3. The van der Waals surface area contributed by atoms with E-state index in [0.29, 0.717) is 26.2 Å². The van der Waals surface area contributed by atoms with E-state index >= 15 is 0 Å². The SMILES string of the molecule is CC[C@H](NC(=O)COCCOCCNC(=O)COCCOCCNC(=O)CCCCCCCCCCCCC(=O)O)C(=O)O. The van der Waals surface area contributed by atoms with Gasteiger partial charge in [0.05, 0.1) is 39.6 Å². The van der Waals surface area contributed by atoms with Crippen LogP contribution >= 0.6 is 0 Å². The van der Waals surface area contributed by atoms with Crippen LogP contribution in [0.3, 0.4) is 0 Å². The van der Waals surface area contributed by atoms with Gasteiger partial charge in [-0.15, -0.1) is 0 Å². The Morgan fingerprint density at radius 3 is 1.45 bits per heavy atom. The second kappa shape index (κ2) is 30.2. The standard InChI is InChI=1S/C30H55N3O11/c1-2-25(30(39)40)33-28(36)24-44-22-20-42-18-16-32-27(35)23-43-21-19-41-17-15-31-26(34)13-11-9-7-5-3-4-6-8-10-12-14-29(37)38/h25H,2-24H2,1H3,(H,31,34)(H,32,35)(H,33,36)(H,37,38)(H,39,40)/t25-/m0/s1. The molecule has 0 rings (SSSR count). The molecular weight excluding hydrogens is 578 g/mol. The van der Waals surface area contributed by atoms with Crippen molar-refractivity contribution < 1.29 is 53.1 Å². The molecule has 0 radical (unpaired) electrons. The van der Waals surface area contributed by atoms with E-state index in [1.54, 1.807) is 6.92 Å². The zero-order valence-electron chi connectivity index (χ0n) is 26.4. The maximum Gasteiger partial charge on any atom is 0.326 e. The molecule has 0 aromatic heterocycles. The molecule has 0 saturated carbocycles. The third-order valence-corrected chi connectivity index (χ3v) is 6.43. The van der Waals surface area contributed by atoms with Crippen molar-refractivity contribution in [2.45, 2.75) is 96.4 Å². The van der Waals surface area contributed by atoms with Crippen molar-refractivity contribution in [3.8, 4) is 0 Å². The molecule has 3 amide bonds. The summed E-state index contributed by atoms with van der Waals surface area (Å²) in [6, 6.07) is -0.934. The molecular formula is C30H55N3O11. The van der Waals surface area contributed by atoms with Crippen LogP contribution in [0.4, 0.5) is 0 Å². The summed E-state index contributed by atoms with van der Waals surface area (Å²) in [5.41, 5.74) is 0. The van der Waals surface area contributed by atoms with Crippen molar-refractivity contribution in [1.29, 1.82) is 0 Å². The van der Waals surface area contributed by atoms with Gasteiger partial charge >= 0.3 is 11.9 Å². The van der Waals surface area contributed by atoms with Crippen LogP contribution in [0.2, 0.25) is 0 Å². The smallest absolute Gasteiger partial charge is 0.326 e. The molecule has 0 spiro atoms. The first-order chi connectivity index (χ1) is 21.3. The van der Waals surface area contributed by atoms with E-state index in [4.69, 9.17) is 29.2 Å². The van der Waals surface area contributed by atoms with E-state index in [1.165, 1.54) is 19.3 Å². The number of carbonyl (C=O) groups excluding carboxylic acids is 3. The van der Waals surface area contributed by atoms with Crippen molar-refractivity contribution >= 4 is 29.7 Å². The second-order valence-electron chi connectivity index (χ2n) is 10.3. The normalized spacial score (nSPS) is 11.6. The van der Waals surface area contributed by atoms with Gasteiger partial charge in [-0.2, -0.15) is 0 Å². The zero-order chi connectivity index (χ0) is 32.7. The van der Waals surface area contributed by atoms with E-state index in [9.17, 15) is 24.0 Å². The highest BCUT2D eigenvalue weighted by atomic mass is 16.5. The number of unbranched alkanes of at least 4 members (excludes halogenated alkanes) is 9. The van der Waals surface area contributed by atoms with E-state index in [2.05, 4.69) is 16.0 Å². The molecule has 0 aromatic rings. The monoisotopic (exact) mass is 633 g/mol. The van der Waals surface area contributed by atoms with Crippen LogP contribution in [-0.4, -0.2) is 112 Å². The Kier molecular flexibility index (Phi) is 28.3. The van der Waals surface area contributed by atoms with Crippen LogP contribution in [0.5, 0.6) is 0 Å². The molecule has 0 aliphatic rings. The summed E-state index contributed by atoms with van der Waals surface area (Å²) in [7, 11) is 0. The van der Waals surface area contributed by atoms with E-state index < -0.39 is 23.9 Å². The summed E-state index contributed by atoms with van der Waals surface area (Å²) in [6.45, 7) is 3.55. The van der Waals surface area contributed by atoms with Crippen molar-refractivity contribution in [3.05, 3.63) is 0 Å². The molecule has 256 valence electrons. The van der Waals surface area contributed by atoms with Crippen molar-refractivity contribution in [2.75, 3.05) is 65.9 Å². The lowest BCUT2D eigenvalue weighted by molar-refractivity contribution is -0.142. The maximum atomic E-state index is 11.9. The highest BCUT2D eigenvalue weighted by Gasteiger charge is 2.17. The van der Waals surface area contributed by atoms with Crippen LogP contribution < -0.4 is 16.0 Å². The summed E-state index contributed by atoms with van der Waals surface area (Å²) >= 11 is 0. The number of carboxylic acids is 2. The predicted octanol–water partition coefficient (Wildman–Crippen LogP) is 2.03. The summed E-state index contributed by atoms with van der Waals surface area (Å²) in [5.74, 6) is -2.59. The Morgan fingerprint density at radius 2 is 0.977 bits per heavy atom. The van der Waals surface area contributed by atoms with E-state index in [1.807, 2.05) is 0 Å². The maximum absolute atomic E-state index is 11.9. The first kappa shape index (κ1) is 41.2. The number of carbonyl (C=O) groups is 5. The first-order valence-corrected chi connectivity index (χ1v) is 15.8. The second-order valence-corrected chi connectivity index (χ2v) is 10.3.